The number of benzene rings is 3. The third-order valence-electron chi connectivity index (χ3n) is 5.08. The number of amides is 1. The molecule has 180 valence electrons. The van der Waals surface area contributed by atoms with Crippen LogP contribution in [0, 0.1) is 6.92 Å². The van der Waals surface area contributed by atoms with Crippen molar-refractivity contribution in [1.82, 2.24) is 5.32 Å². The van der Waals surface area contributed by atoms with Crippen molar-refractivity contribution in [3.63, 3.8) is 0 Å². The molecule has 1 fully saturated rings. The van der Waals surface area contributed by atoms with Gasteiger partial charge in [0, 0.05) is 25.1 Å². The summed E-state index contributed by atoms with van der Waals surface area (Å²) in [5, 5.41) is 4.97. The van der Waals surface area contributed by atoms with Crippen LogP contribution in [-0.4, -0.2) is 18.2 Å². The number of hydrogen-bond donors (Lipinski definition) is 1. The van der Waals surface area contributed by atoms with Gasteiger partial charge in [0.1, 0.15) is 6.61 Å². The van der Waals surface area contributed by atoms with Crippen LogP contribution in [0.5, 0.6) is 11.5 Å². The highest BCUT2D eigenvalue weighted by Gasteiger charge is 2.25. The monoisotopic (exact) mass is 610 g/mol. The lowest BCUT2D eigenvalue weighted by Crippen LogP contribution is -2.19. The lowest BCUT2D eigenvalue weighted by Gasteiger charge is -2.14. The number of carbonyl (C=O) groups excluding carboxylic acids is 1. The molecule has 0 radical (unpaired) electrons. The highest BCUT2D eigenvalue weighted by atomic mass is 79.9. The fourth-order valence-corrected chi connectivity index (χ4v) is 5.07. The van der Waals surface area contributed by atoms with Crippen molar-refractivity contribution in [2.45, 2.75) is 13.5 Å². The summed E-state index contributed by atoms with van der Waals surface area (Å²) < 4.78 is 12.2. The van der Waals surface area contributed by atoms with E-state index in [4.69, 9.17) is 44.3 Å². The Kier molecular flexibility index (Phi) is 8.34. The van der Waals surface area contributed by atoms with E-state index in [0.717, 1.165) is 21.2 Å². The molecule has 1 saturated heterocycles. The highest BCUT2D eigenvalue weighted by Crippen LogP contribution is 2.38. The molecule has 0 bridgehead atoms. The maximum absolute atomic E-state index is 12.6. The molecule has 0 aromatic heterocycles. The van der Waals surface area contributed by atoms with Gasteiger partial charge in [-0.05, 0) is 72.3 Å². The van der Waals surface area contributed by atoms with Crippen LogP contribution in [-0.2, 0) is 11.4 Å². The smallest absolute Gasteiger partial charge is 0.264 e. The summed E-state index contributed by atoms with van der Waals surface area (Å²) in [6, 6.07) is 14.3. The van der Waals surface area contributed by atoms with Crippen molar-refractivity contribution in [2.24, 2.45) is 4.99 Å². The van der Waals surface area contributed by atoms with Crippen molar-refractivity contribution < 1.29 is 14.3 Å². The average Bonchev–Trinajstić information content (AvgIpc) is 3.16. The zero-order valence-corrected chi connectivity index (χ0v) is 23.2. The molecule has 4 rings (SSSR count). The van der Waals surface area contributed by atoms with Crippen LogP contribution >= 0.6 is 62.5 Å². The lowest BCUT2D eigenvalue weighted by atomic mass is 10.1. The number of halogens is 4. The van der Waals surface area contributed by atoms with E-state index in [9.17, 15) is 4.79 Å². The summed E-state index contributed by atoms with van der Waals surface area (Å²) in [7, 11) is 1.55. The predicted molar refractivity (Wildman–Crippen MR) is 148 cm³/mol. The first kappa shape index (κ1) is 25.9. The number of hydrogen-bond acceptors (Lipinski definition) is 5. The van der Waals surface area contributed by atoms with Crippen LogP contribution in [0.4, 0.5) is 5.69 Å². The van der Waals surface area contributed by atoms with Crippen molar-refractivity contribution in [3.05, 3.63) is 89.7 Å². The van der Waals surface area contributed by atoms with Gasteiger partial charge < -0.3 is 14.8 Å². The Hall–Kier alpha value is -2.16. The highest BCUT2D eigenvalue weighted by molar-refractivity contribution is 9.10. The van der Waals surface area contributed by atoms with E-state index in [0.29, 0.717) is 42.3 Å². The van der Waals surface area contributed by atoms with E-state index < -0.39 is 0 Å². The second-order valence-corrected chi connectivity index (χ2v) is 10.6. The minimum atomic E-state index is -0.239. The minimum absolute atomic E-state index is 0.236. The van der Waals surface area contributed by atoms with Crippen LogP contribution in [0.1, 0.15) is 16.7 Å². The van der Waals surface area contributed by atoms with E-state index in [1.807, 2.05) is 25.1 Å². The quantitative estimate of drug-likeness (QED) is 0.285. The Balaban J connectivity index is 1.56. The number of ether oxygens (including phenoxy) is 2. The molecule has 0 unspecified atom stereocenters. The predicted octanol–water partition coefficient (Wildman–Crippen LogP) is 8.20. The summed E-state index contributed by atoms with van der Waals surface area (Å²) in [5.74, 6) is 0.795. The van der Waals surface area contributed by atoms with E-state index >= 15 is 0 Å². The summed E-state index contributed by atoms with van der Waals surface area (Å²) in [5.41, 5.74) is 3.08. The molecule has 1 aliphatic heterocycles. The molecule has 10 heteroatoms. The molecule has 1 amide bonds. The number of amidine groups is 1. The molecular formula is C25H18BrCl3N2O3S. The molecule has 1 heterocycles. The molecule has 1 aliphatic rings. The molecular weight excluding hydrogens is 595 g/mol. The maximum Gasteiger partial charge on any atom is 0.264 e. The molecule has 3 aromatic rings. The van der Waals surface area contributed by atoms with Gasteiger partial charge in [0.2, 0.25) is 0 Å². The van der Waals surface area contributed by atoms with Gasteiger partial charge in [-0.3, -0.25) is 4.79 Å². The Morgan fingerprint density at radius 3 is 2.63 bits per heavy atom. The Morgan fingerprint density at radius 2 is 1.89 bits per heavy atom. The fraction of sp³-hybridized carbons (Fsp3) is 0.120. The van der Waals surface area contributed by atoms with Gasteiger partial charge in [-0.2, -0.15) is 0 Å². The van der Waals surface area contributed by atoms with Gasteiger partial charge in [-0.25, -0.2) is 4.99 Å². The van der Waals surface area contributed by atoms with Gasteiger partial charge in [-0.1, -0.05) is 62.9 Å². The Morgan fingerprint density at radius 1 is 1.09 bits per heavy atom. The van der Waals surface area contributed by atoms with Crippen molar-refractivity contribution in [1.29, 1.82) is 0 Å². The zero-order valence-electron chi connectivity index (χ0n) is 18.5. The summed E-state index contributed by atoms with van der Waals surface area (Å²) in [4.78, 5) is 17.6. The third-order valence-corrected chi connectivity index (χ3v) is 7.67. The normalized spacial score (nSPS) is 15.5. The number of thioether (sulfide) groups is 1. The summed E-state index contributed by atoms with van der Waals surface area (Å²) >= 11 is 23.2. The average molecular weight is 613 g/mol. The Bertz CT molecular complexity index is 1380. The van der Waals surface area contributed by atoms with Gasteiger partial charge in [0.25, 0.3) is 5.91 Å². The molecule has 0 aliphatic carbocycles. The molecule has 0 spiro atoms. The zero-order chi connectivity index (χ0) is 25.1. The number of rotatable bonds is 6. The SMILES string of the molecule is COc1cc(/C=C2/SC(=Nc3cccc(Cl)c3C)NC2=O)c(Br)cc1OCc1ccc(Cl)cc1Cl. The second kappa shape index (κ2) is 11.3. The van der Waals surface area contributed by atoms with Gasteiger partial charge >= 0.3 is 0 Å². The van der Waals surface area contributed by atoms with E-state index in [1.165, 1.54) is 11.8 Å². The topological polar surface area (TPSA) is 59.9 Å². The fourth-order valence-electron chi connectivity index (χ4n) is 3.18. The van der Waals surface area contributed by atoms with Crippen molar-refractivity contribution in [3.8, 4) is 11.5 Å². The molecule has 35 heavy (non-hydrogen) atoms. The molecule has 3 aromatic carbocycles. The van der Waals surface area contributed by atoms with E-state index in [2.05, 4.69) is 26.2 Å². The van der Waals surface area contributed by atoms with Gasteiger partial charge in [0.15, 0.2) is 16.7 Å². The van der Waals surface area contributed by atoms with E-state index in [-0.39, 0.29) is 12.5 Å². The van der Waals surface area contributed by atoms with Crippen LogP contribution in [0.3, 0.4) is 0 Å². The molecule has 0 saturated carbocycles. The number of nitrogens with zero attached hydrogens (tertiary/aromatic N) is 1. The van der Waals surface area contributed by atoms with Crippen LogP contribution in [0.2, 0.25) is 15.1 Å². The van der Waals surface area contributed by atoms with Gasteiger partial charge in [-0.15, -0.1) is 0 Å². The second-order valence-electron chi connectivity index (χ2n) is 7.41. The third kappa shape index (κ3) is 6.16. The van der Waals surface area contributed by atoms with Gasteiger partial charge in [0.05, 0.1) is 17.7 Å². The van der Waals surface area contributed by atoms with Crippen molar-refractivity contribution >= 4 is 85.3 Å². The first-order chi connectivity index (χ1) is 16.7. The van der Waals surface area contributed by atoms with Crippen LogP contribution in [0.15, 0.2) is 62.9 Å². The standard InChI is InChI=1S/C25H18BrCl3N2O3S/c1-13-18(28)4-3-5-20(13)30-25-31-24(32)23(35-25)9-15-8-21(33-2)22(11-17(15)26)34-12-14-6-7-16(27)10-19(14)29/h3-11H,12H2,1-2H3,(H,30,31,32)/b23-9+. The molecule has 5 nitrogen and oxygen atoms in total. The first-order valence-corrected chi connectivity index (χ1v) is 13.0. The number of methoxy groups -OCH3 is 1. The van der Waals surface area contributed by atoms with Crippen molar-refractivity contribution in [2.75, 3.05) is 7.11 Å². The largest absolute Gasteiger partial charge is 0.493 e. The summed E-state index contributed by atoms with van der Waals surface area (Å²) in [6.45, 7) is 2.12. The molecule has 1 N–H and O–H groups in total. The lowest BCUT2D eigenvalue weighted by molar-refractivity contribution is -0.115. The number of aliphatic imine (C=N–C) groups is 1. The summed E-state index contributed by atoms with van der Waals surface area (Å²) in [6.07, 6.45) is 1.76. The molecule has 0 atom stereocenters. The maximum atomic E-state index is 12.6. The minimum Gasteiger partial charge on any atom is -0.493 e. The Labute approximate surface area is 230 Å². The number of carbonyl (C=O) groups is 1. The van der Waals surface area contributed by atoms with Crippen LogP contribution < -0.4 is 14.8 Å². The van der Waals surface area contributed by atoms with Crippen LogP contribution in [0.25, 0.3) is 6.08 Å². The first-order valence-electron chi connectivity index (χ1n) is 10.2. The number of nitrogens with one attached hydrogen (secondary N) is 1. The van der Waals surface area contributed by atoms with E-state index in [1.54, 1.807) is 43.5 Å².